The average Bonchev–Trinajstić information content (AvgIpc) is 2.72. The van der Waals surface area contributed by atoms with Gasteiger partial charge in [0, 0.05) is 10.5 Å². The molecule has 0 saturated heterocycles. The van der Waals surface area contributed by atoms with Gasteiger partial charge in [0.1, 0.15) is 17.6 Å². The van der Waals surface area contributed by atoms with E-state index in [4.69, 9.17) is 9.47 Å². The molecule has 158 valence electrons. The second-order valence-electron chi connectivity index (χ2n) is 6.12. The summed E-state index contributed by atoms with van der Waals surface area (Å²) in [6, 6.07) is 10.2. The van der Waals surface area contributed by atoms with Crippen molar-refractivity contribution in [2.45, 2.75) is 13.0 Å². The SMILES string of the molecule is COc1ccc(C=CC(=O)NC(C)C(=O)OCC(=O)Nc2ccc(Br)cc2F)cc1. The molecule has 2 aromatic carbocycles. The van der Waals surface area contributed by atoms with Crippen LogP contribution in [0.25, 0.3) is 6.08 Å². The fraction of sp³-hybridized carbons (Fsp3) is 0.190. The van der Waals surface area contributed by atoms with E-state index in [9.17, 15) is 18.8 Å². The fourth-order valence-electron chi connectivity index (χ4n) is 2.25. The van der Waals surface area contributed by atoms with Gasteiger partial charge in [-0.25, -0.2) is 9.18 Å². The summed E-state index contributed by atoms with van der Waals surface area (Å²) in [5, 5.41) is 4.74. The summed E-state index contributed by atoms with van der Waals surface area (Å²) in [4.78, 5) is 35.7. The van der Waals surface area contributed by atoms with Crippen LogP contribution in [0.4, 0.5) is 10.1 Å². The number of rotatable bonds is 8. The second-order valence-corrected chi connectivity index (χ2v) is 7.03. The van der Waals surface area contributed by atoms with Crippen LogP contribution in [0.2, 0.25) is 0 Å². The molecule has 2 amide bonds. The molecule has 0 bridgehead atoms. The zero-order valence-corrected chi connectivity index (χ0v) is 17.9. The Bertz CT molecular complexity index is 947. The lowest BCUT2D eigenvalue weighted by atomic mass is 10.2. The van der Waals surface area contributed by atoms with Crippen molar-refractivity contribution in [2.24, 2.45) is 0 Å². The summed E-state index contributed by atoms with van der Waals surface area (Å²) in [5.74, 6) is -1.94. The smallest absolute Gasteiger partial charge is 0.328 e. The normalized spacial score (nSPS) is 11.6. The van der Waals surface area contributed by atoms with E-state index in [0.717, 1.165) is 5.56 Å². The Morgan fingerprint density at radius 3 is 2.50 bits per heavy atom. The molecule has 9 heteroatoms. The Kier molecular flexibility index (Phi) is 8.54. The van der Waals surface area contributed by atoms with Gasteiger partial charge in [0.05, 0.1) is 12.8 Å². The Hall–Kier alpha value is -3.20. The van der Waals surface area contributed by atoms with E-state index in [0.29, 0.717) is 10.2 Å². The van der Waals surface area contributed by atoms with E-state index in [1.807, 2.05) is 0 Å². The Labute approximate surface area is 181 Å². The molecule has 1 unspecified atom stereocenters. The van der Waals surface area contributed by atoms with Crippen LogP contribution in [0.3, 0.4) is 0 Å². The van der Waals surface area contributed by atoms with Gasteiger partial charge < -0.3 is 20.1 Å². The van der Waals surface area contributed by atoms with Gasteiger partial charge in [-0.3, -0.25) is 9.59 Å². The molecular weight excluding hydrogens is 459 g/mol. The van der Waals surface area contributed by atoms with E-state index in [1.54, 1.807) is 43.5 Å². The first-order valence-corrected chi connectivity index (χ1v) is 9.62. The van der Waals surface area contributed by atoms with Gasteiger partial charge in [0.15, 0.2) is 6.61 Å². The monoisotopic (exact) mass is 478 g/mol. The summed E-state index contributed by atoms with van der Waals surface area (Å²) in [7, 11) is 1.56. The fourth-order valence-corrected chi connectivity index (χ4v) is 2.58. The van der Waals surface area contributed by atoms with E-state index in [2.05, 4.69) is 26.6 Å². The first kappa shape index (κ1) is 23.1. The predicted molar refractivity (Wildman–Crippen MR) is 113 cm³/mol. The number of halogens is 2. The molecule has 2 rings (SSSR count). The van der Waals surface area contributed by atoms with E-state index < -0.39 is 36.2 Å². The molecule has 0 aliphatic rings. The molecule has 0 fully saturated rings. The van der Waals surface area contributed by atoms with Crippen molar-refractivity contribution >= 4 is 45.5 Å². The molecule has 0 radical (unpaired) electrons. The number of nitrogens with one attached hydrogen (secondary N) is 2. The highest BCUT2D eigenvalue weighted by atomic mass is 79.9. The highest BCUT2D eigenvalue weighted by Gasteiger charge is 2.17. The molecule has 0 aliphatic carbocycles. The van der Waals surface area contributed by atoms with Gasteiger partial charge in [0.2, 0.25) is 5.91 Å². The maximum absolute atomic E-state index is 13.7. The van der Waals surface area contributed by atoms with Crippen LogP contribution in [0.1, 0.15) is 12.5 Å². The average molecular weight is 479 g/mol. The van der Waals surface area contributed by atoms with Crippen LogP contribution in [0.5, 0.6) is 5.75 Å². The highest BCUT2D eigenvalue weighted by molar-refractivity contribution is 9.10. The van der Waals surface area contributed by atoms with E-state index in [-0.39, 0.29) is 5.69 Å². The Balaban J connectivity index is 1.78. The molecule has 0 heterocycles. The van der Waals surface area contributed by atoms with Crippen molar-refractivity contribution in [1.82, 2.24) is 5.32 Å². The minimum absolute atomic E-state index is 0.0377. The van der Waals surface area contributed by atoms with Crippen molar-refractivity contribution in [1.29, 1.82) is 0 Å². The zero-order valence-electron chi connectivity index (χ0n) is 16.3. The molecule has 7 nitrogen and oxygen atoms in total. The minimum Gasteiger partial charge on any atom is -0.497 e. The van der Waals surface area contributed by atoms with Crippen molar-refractivity contribution in [2.75, 3.05) is 19.0 Å². The van der Waals surface area contributed by atoms with E-state index >= 15 is 0 Å². The summed E-state index contributed by atoms with van der Waals surface area (Å²) < 4.78 is 24.1. The van der Waals surface area contributed by atoms with Gasteiger partial charge >= 0.3 is 5.97 Å². The van der Waals surface area contributed by atoms with Crippen LogP contribution in [0.15, 0.2) is 53.0 Å². The number of benzene rings is 2. The van der Waals surface area contributed by atoms with Crippen molar-refractivity contribution in [3.8, 4) is 5.75 Å². The van der Waals surface area contributed by atoms with Gasteiger partial charge in [0.25, 0.3) is 5.91 Å². The quantitative estimate of drug-likeness (QED) is 0.448. The van der Waals surface area contributed by atoms with Gasteiger partial charge in [-0.15, -0.1) is 0 Å². The van der Waals surface area contributed by atoms with Crippen LogP contribution in [0, 0.1) is 5.82 Å². The summed E-state index contributed by atoms with van der Waals surface area (Å²) in [6.45, 7) is 0.810. The molecule has 30 heavy (non-hydrogen) atoms. The van der Waals surface area contributed by atoms with Crippen molar-refractivity contribution in [3.05, 3.63) is 64.4 Å². The number of esters is 1. The lowest BCUT2D eigenvalue weighted by molar-refractivity contribution is -0.149. The molecule has 1 atom stereocenters. The van der Waals surface area contributed by atoms with E-state index in [1.165, 1.54) is 25.1 Å². The standard InChI is InChI=1S/C21H20BrFN2O5/c1-13(24-19(26)10-5-14-3-7-16(29-2)8-4-14)21(28)30-12-20(27)25-18-9-6-15(22)11-17(18)23/h3-11,13H,12H2,1-2H3,(H,24,26)(H,25,27). The molecule has 0 saturated carbocycles. The first-order valence-electron chi connectivity index (χ1n) is 8.82. The van der Waals surface area contributed by atoms with Crippen molar-refractivity contribution in [3.63, 3.8) is 0 Å². The van der Waals surface area contributed by atoms with Crippen LogP contribution < -0.4 is 15.4 Å². The number of hydrogen-bond acceptors (Lipinski definition) is 5. The number of carbonyl (C=O) groups is 3. The minimum atomic E-state index is -0.977. The number of amides is 2. The Morgan fingerprint density at radius 1 is 1.17 bits per heavy atom. The molecule has 0 aromatic heterocycles. The third-order valence-electron chi connectivity index (χ3n) is 3.81. The second kappa shape index (κ2) is 11.1. The largest absolute Gasteiger partial charge is 0.497 e. The van der Waals surface area contributed by atoms with Crippen LogP contribution >= 0.6 is 15.9 Å². The van der Waals surface area contributed by atoms with Gasteiger partial charge in [-0.05, 0) is 48.9 Å². The van der Waals surface area contributed by atoms with Crippen molar-refractivity contribution < 1.29 is 28.2 Å². The lowest BCUT2D eigenvalue weighted by Gasteiger charge is -2.12. The number of hydrogen-bond donors (Lipinski definition) is 2. The molecule has 2 N–H and O–H groups in total. The highest BCUT2D eigenvalue weighted by Crippen LogP contribution is 2.19. The number of ether oxygens (including phenoxy) is 2. The predicted octanol–water partition coefficient (Wildman–Crippen LogP) is 3.30. The number of carbonyl (C=O) groups excluding carboxylic acids is 3. The lowest BCUT2D eigenvalue weighted by Crippen LogP contribution is -2.39. The summed E-state index contributed by atoms with van der Waals surface area (Å²) in [6.07, 6.45) is 2.85. The molecular formula is C21H20BrFN2O5. The molecule has 0 aliphatic heterocycles. The summed E-state index contributed by atoms with van der Waals surface area (Å²) in [5.41, 5.74) is 0.738. The third-order valence-corrected chi connectivity index (χ3v) is 4.30. The Morgan fingerprint density at radius 2 is 1.87 bits per heavy atom. The maximum Gasteiger partial charge on any atom is 0.328 e. The molecule has 0 spiro atoms. The molecule has 2 aromatic rings. The topological polar surface area (TPSA) is 93.7 Å². The number of anilines is 1. The first-order chi connectivity index (χ1) is 14.3. The van der Waals surface area contributed by atoms with Gasteiger partial charge in [-0.2, -0.15) is 0 Å². The third kappa shape index (κ3) is 7.32. The van der Waals surface area contributed by atoms with Crippen LogP contribution in [-0.4, -0.2) is 37.5 Å². The van der Waals surface area contributed by atoms with Crippen LogP contribution in [-0.2, 0) is 19.1 Å². The summed E-state index contributed by atoms with van der Waals surface area (Å²) >= 11 is 3.11. The van der Waals surface area contributed by atoms with Gasteiger partial charge in [-0.1, -0.05) is 28.1 Å². The zero-order chi connectivity index (χ0) is 22.1. The maximum atomic E-state index is 13.7. The number of methoxy groups -OCH3 is 1.